The number of benzene rings is 1. The highest BCUT2D eigenvalue weighted by Gasteiger charge is 2.33. The third-order valence-corrected chi connectivity index (χ3v) is 6.61. The van der Waals surface area contributed by atoms with Crippen LogP contribution in [0.2, 0.25) is 5.02 Å². The van der Waals surface area contributed by atoms with Crippen LogP contribution in [0.3, 0.4) is 0 Å². The maximum absolute atomic E-state index is 13.0. The van der Waals surface area contributed by atoms with E-state index >= 15 is 0 Å². The first-order valence-electron chi connectivity index (χ1n) is 10.5. The second-order valence-electron chi connectivity index (χ2n) is 8.10. The van der Waals surface area contributed by atoms with Crippen molar-refractivity contribution >= 4 is 28.4 Å². The van der Waals surface area contributed by atoms with E-state index in [4.69, 9.17) is 16.3 Å². The van der Waals surface area contributed by atoms with Gasteiger partial charge in [-0.2, -0.15) is 0 Å². The Bertz CT molecular complexity index is 833. The van der Waals surface area contributed by atoms with Crippen LogP contribution in [0.4, 0.5) is 0 Å². The van der Waals surface area contributed by atoms with E-state index in [9.17, 15) is 4.79 Å². The van der Waals surface area contributed by atoms with Gasteiger partial charge in [-0.25, -0.2) is 0 Å². The minimum Gasteiger partial charge on any atom is -0.383 e. The molecule has 0 spiro atoms. The van der Waals surface area contributed by atoms with Crippen LogP contribution < -0.4 is 5.32 Å². The lowest BCUT2D eigenvalue weighted by Crippen LogP contribution is -2.51. The second kappa shape index (κ2) is 8.85. The summed E-state index contributed by atoms with van der Waals surface area (Å²) in [6.07, 6.45) is 8.29. The van der Waals surface area contributed by atoms with E-state index in [-0.39, 0.29) is 5.91 Å². The Kier molecular flexibility index (Phi) is 6.24. The Morgan fingerprint density at radius 2 is 2.11 bits per heavy atom. The number of hydrogen-bond donors (Lipinski definition) is 1. The molecule has 2 unspecified atom stereocenters. The summed E-state index contributed by atoms with van der Waals surface area (Å²) in [6.45, 7) is 4.52. The molecule has 6 heteroatoms. The molecule has 1 N–H and O–H groups in total. The van der Waals surface area contributed by atoms with Crippen LogP contribution in [0.1, 0.15) is 42.5 Å². The fourth-order valence-electron chi connectivity index (χ4n) is 4.96. The lowest BCUT2D eigenvalue weighted by molar-refractivity contribution is 0.0576. The Labute approximate surface area is 172 Å². The van der Waals surface area contributed by atoms with Gasteiger partial charge in [0.1, 0.15) is 0 Å². The molecular formula is C22H30ClN3O2. The Morgan fingerprint density at radius 1 is 1.25 bits per heavy atom. The van der Waals surface area contributed by atoms with Crippen LogP contribution in [0.15, 0.2) is 24.4 Å². The Hall–Kier alpha value is -1.56. The predicted molar refractivity (Wildman–Crippen MR) is 113 cm³/mol. The molecule has 2 saturated heterocycles. The van der Waals surface area contributed by atoms with Gasteiger partial charge >= 0.3 is 0 Å². The summed E-state index contributed by atoms with van der Waals surface area (Å²) in [5, 5.41) is 4.79. The van der Waals surface area contributed by atoms with Crippen molar-refractivity contribution in [3.63, 3.8) is 0 Å². The molecule has 4 rings (SSSR count). The van der Waals surface area contributed by atoms with Crippen molar-refractivity contribution in [2.24, 2.45) is 5.92 Å². The van der Waals surface area contributed by atoms with Gasteiger partial charge in [0.2, 0.25) is 0 Å². The van der Waals surface area contributed by atoms with Crippen molar-refractivity contribution in [3.05, 3.63) is 35.0 Å². The maximum Gasteiger partial charge on any atom is 0.253 e. The average Bonchev–Trinajstić information content (AvgIpc) is 3.08. The summed E-state index contributed by atoms with van der Waals surface area (Å²) in [7, 11) is 1.69. The number of nitrogens with one attached hydrogen (secondary N) is 1. The zero-order valence-corrected chi connectivity index (χ0v) is 17.4. The normalized spacial score (nSPS) is 22.9. The molecule has 0 aliphatic carbocycles. The summed E-state index contributed by atoms with van der Waals surface area (Å²) in [5.74, 6) is 0.555. The number of carbonyl (C=O) groups excluding carboxylic acids is 1. The molecule has 2 atom stereocenters. The zero-order valence-electron chi connectivity index (χ0n) is 16.6. The lowest BCUT2D eigenvalue weighted by atomic mass is 9.83. The number of hydrogen-bond acceptors (Lipinski definition) is 3. The number of piperidine rings is 2. The summed E-state index contributed by atoms with van der Waals surface area (Å²) in [5.41, 5.74) is 1.72. The molecule has 1 aromatic heterocycles. The molecule has 0 bridgehead atoms. The molecule has 3 heterocycles. The molecule has 2 aliphatic rings. The molecular weight excluding hydrogens is 374 g/mol. The number of methoxy groups -OCH3 is 1. The summed E-state index contributed by atoms with van der Waals surface area (Å²) >= 11 is 6.21. The quantitative estimate of drug-likeness (QED) is 0.794. The summed E-state index contributed by atoms with van der Waals surface area (Å²) in [4.78, 5) is 15.7. The first-order chi connectivity index (χ1) is 13.7. The average molecular weight is 404 g/mol. The molecule has 5 nitrogen and oxygen atoms in total. The molecule has 2 fully saturated rings. The zero-order chi connectivity index (χ0) is 19.5. The highest BCUT2D eigenvalue weighted by molar-refractivity contribution is 6.31. The molecule has 0 saturated carbocycles. The summed E-state index contributed by atoms with van der Waals surface area (Å²) < 4.78 is 7.29. The smallest absolute Gasteiger partial charge is 0.253 e. The molecule has 1 aromatic carbocycles. The van der Waals surface area contributed by atoms with Crippen LogP contribution in [0.5, 0.6) is 0 Å². The van der Waals surface area contributed by atoms with E-state index in [2.05, 4.69) is 14.8 Å². The monoisotopic (exact) mass is 403 g/mol. The van der Waals surface area contributed by atoms with Gasteiger partial charge in [0.15, 0.2) is 0 Å². The van der Waals surface area contributed by atoms with E-state index in [1.165, 1.54) is 45.2 Å². The minimum atomic E-state index is -0.00336. The van der Waals surface area contributed by atoms with E-state index in [1.807, 2.05) is 24.4 Å². The number of nitrogens with zero attached hydrogens (tertiary/aromatic N) is 2. The van der Waals surface area contributed by atoms with Crippen LogP contribution in [-0.4, -0.2) is 54.8 Å². The summed E-state index contributed by atoms with van der Waals surface area (Å²) in [6, 6.07) is 6.37. The molecule has 2 aliphatic heterocycles. The topological polar surface area (TPSA) is 46.5 Å². The van der Waals surface area contributed by atoms with Gasteiger partial charge < -0.3 is 19.5 Å². The number of aromatic nitrogens is 1. The lowest BCUT2D eigenvalue weighted by Gasteiger charge is -2.44. The van der Waals surface area contributed by atoms with Gasteiger partial charge in [0, 0.05) is 48.4 Å². The minimum absolute atomic E-state index is 0.00336. The van der Waals surface area contributed by atoms with Crippen molar-refractivity contribution in [1.29, 1.82) is 0 Å². The van der Waals surface area contributed by atoms with Crippen molar-refractivity contribution in [2.45, 2.75) is 44.7 Å². The largest absolute Gasteiger partial charge is 0.383 e. The van der Waals surface area contributed by atoms with Crippen molar-refractivity contribution in [2.75, 3.05) is 33.4 Å². The van der Waals surface area contributed by atoms with Crippen LogP contribution in [0.25, 0.3) is 10.9 Å². The van der Waals surface area contributed by atoms with Crippen LogP contribution in [-0.2, 0) is 11.3 Å². The van der Waals surface area contributed by atoms with Crippen molar-refractivity contribution < 1.29 is 9.53 Å². The van der Waals surface area contributed by atoms with Gasteiger partial charge in [0.25, 0.3) is 5.91 Å². The van der Waals surface area contributed by atoms with E-state index in [0.29, 0.717) is 35.7 Å². The van der Waals surface area contributed by atoms with E-state index < -0.39 is 0 Å². The third kappa shape index (κ3) is 4.07. The molecule has 0 radical (unpaired) electrons. The first-order valence-corrected chi connectivity index (χ1v) is 10.8. The fraction of sp³-hybridized carbons (Fsp3) is 0.591. The molecule has 152 valence electrons. The number of ether oxygens (including phenoxy) is 1. The third-order valence-electron chi connectivity index (χ3n) is 6.38. The predicted octanol–water partition coefficient (Wildman–Crippen LogP) is 3.94. The van der Waals surface area contributed by atoms with E-state index in [0.717, 1.165) is 17.4 Å². The molecule has 28 heavy (non-hydrogen) atoms. The van der Waals surface area contributed by atoms with Gasteiger partial charge in [-0.05, 0) is 62.9 Å². The Morgan fingerprint density at radius 3 is 2.96 bits per heavy atom. The number of halogens is 1. The number of rotatable bonds is 6. The highest BCUT2D eigenvalue weighted by Crippen LogP contribution is 2.31. The second-order valence-corrected chi connectivity index (χ2v) is 8.54. The fourth-order valence-corrected chi connectivity index (χ4v) is 5.13. The number of amides is 1. The van der Waals surface area contributed by atoms with Gasteiger partial charge in [-0.1, -0.05) is 18.0 Å². The van der Waals surface area contributed by atoms with Crippen molar-refractivity contribution in [3.8, 4) is 0 Å². The van der Waals surface area contributed by atoms with Gasteiger partial charge in [-0.15, -0.1) is 0 Å². The highest BCUT2D eigenvalue weighted by atomic mass is 35.5. The van der Waals surface area contributed by atoms with Crippen LogP contribution in [0, 0.1) is 5.92 Å². The Balaban J connectivity index is 1.49. The maximum atomic E-state index is 13.0. The SMILES string of the molecule is COCCn1cc(C(=O)NCC2CCCN3CCCCC23)c2cc(Cl)ccc21. The number of fused-ring (bicyclic) bond motifs is 2. The molecule has 2 aromatic rings. The van der Waals surface area contributed by atoms with Gasteiger partial charge in [-0.3, -0.25) is 4.79 Å². The van der Waals surface area contributed by atoms with Gasteiger partial charge in [0.05, 0.1) is 12.2 Å². The van der Waals surface area contributed by atoms with E-state index in [1.54, 1.807) is 7.11 Å². The first kappa shape index (κ1) is 19.7. The standard InChI is InChI=1S/C22H30ClN3O2/c1-28-12-11-26-15-19(18-13-17(23)7-8-21(18)26)22(27)24-14-16-5-4-10-25-9-3-2-6-20(16)25/h7-8,13,15-16,20H,2-6,9-12,14H2,1H3,(H,24,27). The number of carbonyl (C=O) groups is 1. The van der Waals surface area contributed by atoms with Crippen molar-refractivity contribution in [1.82, 2.24) is 14.8 Å². The molecule has 1 amide bonds. The van der Waals surface area contributed by atoms with Crippen LogP contribution >= 0.6 is 11.6 Å².